The van der Waals surface area contributed by atoms with E-state index < -0.39 is 11.9 Å². The van der Waals surface area contributed by atoms with Crippen LogP contribution in [0.5, 0.6) is 0 Å². The van der Waals surface area contributed by atoms with E-state index in [1.54, 1.807) is 25.3 Å². The third-order valence-corrected chi connectivity index (χ3v) is 2.80. The number of aromatic nitrogens is 2. The first-order valence-electron chi connectivity index (χ1n) is 5.91. The molecule has 0 aliphatic rings. The van der Waals surface area contributed by atoms with Crippen molar-refractivity contribution in [3.05, 3.63) is 47.4 Å². The van der Waals surface area contributed by atoms with Crippen molar-refractivity contribution in [2.45, 2.75) is 26.4 Å². The molecule has 0 amide bonds. The summed E-state index contributed by atoms with van der Waals surface area (Å²) in [6.45, 7) is 3.52. The highest BCUT2D eigenvalue weighted by Gasteiger charge is 2.35. The topological polar surface area (TPSA) is 25.8 Å². The van der Waals surface area contributed by atoms with Gasteiger partial charge in [0, 0.05) is 18.0 Å². The molecule has 0 N–H and O–H groups in total. The number of nitrogens with zero attached hydrogens (tertiary/aromatic N) is 2. The maximum Gasteiger partial charge on any atom is 0.433 e. The van der Waals surface area contributed by atoms with Gasteiger partial charge in [-0.25, -0.2) is 4.98 Å². The van der Waals surface area contributed by atoms with Crippen LogP contribution in [-0.4, -0.2) is 9.97 Å². The van der Waals surface area contributed by atoms with E-state index in [1.807, 2.05) is 6.92 Å². The zero-order valence-electron chi connectivity index (χ0n) is 10.6. The van der Waals surface area contributed by atoms with Crippen molar-refractivity contribution in [3.8, 4) is 11.3 Å². The van der Waals surface area contributed by atoms with Gasteiger partial charge in [-0.15, -0.1) is 0 Å². The number of alkyl halides is 3. The summed E-state index contributed by atoms with van der Waals surface area (Å²) >= 11 is 0. The lowest BCUT2D eigenvalue weighted by atomic mass is 10.1. The van der Waals surface area contributed by atoms with E-state index in [0.29, 0.717) is 17.7 Å². The molecule has 2 aromatic heterocycles. The van der Waals surface area contributed by atoms with Gasteiger partial charge in [-0.05, 0) is 36.6 Å². The summed E-state index contributed by atoms with van der Waals surface area (Å²) < 4.78 is 38.8. The van der Waals surface area contributed by atoms with E-state index in [9.17, 15) is 13.2 Å². The minimum absolute atomic E-state index is 0.205. The van der Waals surface area contributed by atoms with Gasteiger partial charge in [0.2, 0.25) is 0 Å². The normalized spacial score (nSPS) is 11.6. The minimum Gasteiger partial charge on any atom is -0.264 e. The highest BCUT2D eigenvalue weighted by Crippen LogP contribution is 2.32. The van der Waals surface area contributed by atoms with E-state index in [-0.39, 0.29) is 5.56 Å². The molecule has 0 aromatic carbocycles. The van der Waals surface area contributed by atoms with Gasteiger partial charge in [-0.2, -0.15) is 13.2 Å². The van der Waals surface area contributed by atoms with Gasteiger partial charge in [0.05, 0.1) is 5.69 Å². The van der Waals surface area contributed by atoms with Crippen LogP contribution in [0.3, 0.4) is 0 Å². The van der Waals surface area contributed by atoms with Crippen LogP contribution in [0.25, 0.3) is 11.3 Å². The van der Waals surface area contributed by atoms with Crippen molar-refractivity contribution in [1.82, 2.24) is 9.97 Å². The molecule has 5 heteroatoms. The quantitative estimate of drug-likeness (QED) is 0.820. The molecule has 0 bridgehead atoms. The van der Waals surface area contributed by atoms with Crippen molar-refractivity contribution in [1.29, 1.82) is 0 Å². The van der Waals surface area contributed by atoms with E-state index in [0.717, 1.165) is 5.56 Å². The van der Waals surface area contributed by atoms with Crippen molar-refractivity contribution in [3.63, 3.8) is 0 Å². The number of halogens is 3. The number of hydrogen-bond acceptors (Lipinski definition) is 2. The Kier molecular flexibility index (Phi) is 3.55. The van der Waals surface area contributed by atoms with Gasteiger partial charge >= 0.3 is 6.18 Å². The average molecular weight is 266 g/mol. The average Bonchev–Trinajstić information content (AvgIpc) is 2.37. The van der Waals surface area contributed by atoms with Crippen molar-refractivity contribution >= 4 is 0 Å². The Balaban J connectivity index is 2.55. The lowest BCUT2D eigenvalue weighted by Crippen LogP contribution is -2.12. The third kappa shape index (κ3) is 2.92. The molecule has 0 radical (unpaired) electrons. The largest absolute Gasteiger partial charge is 0.433 e. The van der Waals surface area contributed by atoms with Gasteiger partial charge in [-0.1, -0.05) is 13.0 Å². The van der Waals surface area contributed by atoms with E-state index in [1.165, 1.54) is 12.3 Å². The highest BCUT2D eigenvalue weighted by atomic mass is 19.4. The first-order chi connectivity index (χ1) is 8.91. The monoisotopic (exact) mass is 266 g/mol. The second kappa shape index (κ2) is 4.99. The van der Waals surface area contributed by atoms with E-state index in [4.69, 9.17) is 0 Å². The van der Waals surface area contributed by atoms with Crippen LogP contribution >= 0.6 is 0 Å². The van der Waals surface area contributed by atoms with Crippen LogP contribution in [-0.2, 0) is 12.6 Å². The Morgan fingerprint density at radius 3 is 2.47 bits per heavy atom. The second-order valence-corrected chi connectivity index (χ2v) is 4.31. The Morgan fingerprint density at radius 2 is 1.89 bits per heavy atom. The molecule has 0 saturated carbocycles. The maximum absolute atomic E-state index is 12.9. The summed E-state index contributed by atoms with van der Waals surface area (Å²) in [5.41, 5.74) is 1.16. The Hall–Kier alpha value is -1.91. The molecule has 100 valence electrons. The second-order valence-electron chi connectivity index (χ2n) is 4.31. The summed E-state index contributed by atoms with van der Waals surface area (Å²) in [5, 5.41) is 0. The predicted molar refractivity (Wildman–Crippen MR) is 66.6 cm³/mol. The molecule has 0 fully saturated rings. The van der Waals surface area contributed by atoms with Gasteiger partial charge in [0.15, 0.2) is 0 Å². The number of pyridine rings is 2. The SMILES string of the molecule is CCc1ccc(-c2cncc(C)c2)nc1C(F)(F)F. The van der Waals surface area contributed by atoms with E-state index in [2.05, 4.69) is 9.97 Å². The summed E-state index contributed by atoms with van der Waals surface area (Å²) in [5.74, 6) is 0. The van der Waals surface area contributed by atoms with Gasteiger partial charge < -0.3 is 0 Å². The molecule has 0 saturated heterocycles. The first-order valence-corrected chi connectivity index (χ1v) is 5.91. The zero-order chi connectivity index (χ0) is 14.0. The molecule has 19 heavy (non-hydrogen) atoms. The lowest BCUT2D eigenvalue weighted by molar-refractivity contribution is -0.141. The Bertz CT molecular complexity index is 591. The van der Waals surface area contributed by atoms with Crippen LogP contribution in [0, 0.1) is 6.92 Å². The molecule has 2 rings (SSSR count). The van der Waals surface area contributed by atoms with Gasteiger partial charge in [0.1, 0.15) is 5.69 Å². The van der Waals surface area contributed by atoms with Crippen molar-refractivity contribution < 1.29 is 13.2 Å². The van der Waals surface area contributed by atoms with Crippen molar-refractivity contribution in [2.24, 2.45) is 0 Å². The molecular weight excluding hydrogens is 253 g/mol. The maximum atomic E-state index is 12.9. The number of rotatable bonds is 2. The van der Waals surface area contributed by atoms with Crippen LogP contribution in [0.2, 0.25) is 0 Å². The van der Waals surface area contributed by atoms with Crippen LogP contribution < -0.4 is 0 Å². The predicted octanol–water partition coefficient (Wildman–Crippen LogP) is 4.03. The third-order valence-electron chi connectivity index (χ3n) is 2.80. The molecule has 2 aromatic rings. The van der Waals surface area contributed by atoms with Crippen LogP contribution in [0.15, 0.2) is 30.6 Å². The summed E-state index contributed by atoms with van der Waals surface area (Å²) in [7, 11) is 0. The minimum atomic E-state index is -4.43. The molecule has 0 aliphatic heterocycles. The highest BCUT2D eigenvalue weighted by molar-refractivity contribution is 5.59. The van der Waals surface area contributed by atoms with Gasteiger partial charge in [0.25, 0.3) is 0 Å². The molecular formula is C14H13F3N2. The standard InChI is InChI=1S/C14H13F3N2/c1-3-10-4-5-12(19-13(10)14(15,16)17)11-6-9(2)7-18-8-11/h4-8H,3H2,1-2H3. The van der Waals surface area contributed by atoms with Crippen LogP contribution in [0.4, 0.5) is 13.2 Å². The fourth-order valence-corrected chi connectivity index (χ4v) is 1.87. The Morgan fingerprint density at radius 1 is 1.16 bits per heavy atom. The fourth-order valence-electron chi connectivity index (χ4n) is 1.87. The Labute approximate surface area is 109 Å². The summed E-state index contributed by atoms with van der Waals surface area (Å²) in [6.07, 6.45) is -0.970. The molecule has 0 aliphatic carbocycles. The van der Waals surface area contributed by atoms with Crippen LogP contribution in [0.1, 0.15) is 23.7 Å². The molecule has 0 spiro atoms. The van der Waals surface area contributed by atoms with Crippen molar-refractivity contribution in [2.75, 3.05) is 0 Å². The molecule has 2 nitrogen and oxygen atoms in total. The molecule has 0 unspecified atom stereocenters. The fraction of sp³-hybridized carbons (Fsp3) is 0.286. The molecule has 2 heterocycles. The van der Waals surface area contributed by atoms with Gasteiger partial charge in [-0.3, -0.25) is 4.98 Å². The van der Waals surface area contributed by atoms with E-state index >= 15 is 0 Å². The number of hydrogen-bond donors (Lipinski definition) is 0. The molecule has 0 atom stereocenters. The summed E-state index contributed by atoms with van der Waals surface area (Å²) in [4.78, 5) is 7.73. The first kappa shape index (κ1) is 13.5. The lowest BCUT2D eigenvalue weighted by Gasteiger charge is -2.12. The zero-order valence-corrected chi connectivity index (χ0v) is 10.6. The summed E-state index contributed by atoms with van der Waals surface area (Å²) in [6, 6.07) is 4.85. The number of aryl methyl sites for hydroxylation is 2. The smallest absolute Gasteiger partial charge is 0.264 e.